The molecule has 0 radical (unpaired) electrons. The van der Waals surface area contributed by atoms with E-state index in [1.54, 1.807) is 0 Å². The Hall–Kier alpha value is -2.03. The summed E-state index contributed by atoms with van der Waals surface area (Å²) < 4.78 is 1.88. The highest BCUT2D eigenvalue weighted by molar-refractivity contribution is 5.64. The van der Waals surface area contributed by atoms with Gasteiger partial charge in [0, 0.05) is 12.7 Å². The number of allylic oxidation sites excluding steroid dienone is 4. The van der Waals surface area contributed by atoms with Crippen molar-refractivity contribution >= 4 is 5.70 Å². The van der Waals surface area contributed by atoms with Gasteiger partial charge in [0.15, 0.2) is 0 Å². The Kier molecular flexibility index (Phi) is 3.98. The Balaban J connectivity index is 2.21. The summed E-state index contributed by atoms with van der Waals surface area (Å²) in [6, 6.07) is 0. The molecule has 1 aromatic heterocycles. The maximum atomic E-state index is 4.43. The monoisotopic (exact) mass is 269 g/mol. The molecule has 0 spiro atoms. The lowest BCUT2D eigenvalue weighted by molar-refractivity contribution is 0.692. The fourth-order valence-electron chi connectivity index (χ4n) is 2.59. The van der Waals surface area contributed by atoms with Gasteiger partial charge in [-0.2, -0.15) is 5.10 Å². The third-order valence-corrected chi connectivity index (χ3v) is 3.92. The summed E-state index contributed by atoms with van der Waals surface area (Å²) in [5, 5.41) is 7.83. The van der Waals surface area contributed by atoms with Crippen molar-refractivity contribution in [1.29, 1.82) is 0 Å². The standard InChI is InChI=1S/C17H23N3/c1-7-15-10-16(9-8-11(15)2)18-14(5)17-12(3)13(4)19-20(17)6/h7,9-11,18H,1,5,8H2,2-4,6H3. The molecule has 0 amide bonds. The number of hydrogen-bond acceptors (Lipinski definition) is 2. The molecule has 0 aromatic carbocycles. The Morgan fingerprint density at radius 1 is 1.50 bits per heavy atom. The zero-order valence-corrected chi connectivity index (χ0v) is 12.8. The quantitative estimate of drug-likeness (QED) is 0.904. The van der Waals surface area contributed by atoms with E-state index in [9.17, 15) is 0 Å². The number of nitrogens with zero attached hydrogens (tertiary/aromatic N) is 2. The first-order valence-corrected chi connectivity index (χ1v) is 6.94. The van der Waals surface area contributed by atoms with E-state index in [0.717, 1.165) is 29.2 Å². The smallest absolute Gasteiger partial charge is 0.0867 e. The normalized spacial score (nSPS) is 18.3. The first kappa shape index (κ1) is 14.4. The molecule has 0 fully saturated rings. The van der Waals surface area contributed by atoms with Crippen molar-refractivity contribution in [3.05, 3.63) is 59.6 Å². The van der Waals surface area contributed by atoms with Crippen LogP contribution in [0.4, 0.5) is 0 Å². The van der Waals surface area contributed by atoms with Gasteiger partial charge in [0.2, 0.25) is 0 Å². The van der Waals surface area contributed by atoms with E-state index in [-0.39, 0.29) is 0 Å². The maximum absolute atomic E-state index is 4.43. The molecule has 20 heavy (non-hydrogen) atoms. The van der Waals surface area contributed by atoms with Crippen molar-refractivity contribution in [3.8, 4) is 0 Å². The van der Waals surface area contributed by atoms with Gasteiger partial charge in [-0.05, 0) is 43.4 Å². The van der Waals surface area contributed by atoms with Gasteiger partial charge >= 0.3 is 0 Å². The third-order valence-electron chi connectivity index (χ3n) is 3.92. The lowest BCUT2D eigenvalue weighted by atomic mass is 9.92. The second-order valence-electron chi connectivity index (χ2n) is 5.43. The summed E-state index contributed by atoms with van der Waals surface area (Å²) in [5.41, 5.74) is 6.49. The first-order chi connectivity index (χ1) is 9.43. The SMILES string of the molecule is C=CC1=CC(NC(=C)c2c(C)c(C)nn2C)=CCC1C. The van der Waals surface area contributed by atoms with E-state index in [1.165, 1.54) is 11.1 Å². The number of hydrogen-bond donors (Lipinski definition) is 1. The molecule has 1 aliphatic carbocycles. The Morgan fingerprint density at radius 2 is 2.20 bits per heavy atom. The van der Waals surface area contributed by atoms with E-state index >= 15 is 0 Å². The van der Waals surface area contributed by atoms with Crippen molar-refractivity contribution in [2.45, 2.75) is 27.2 Å². The van der Waals surface area contributed by atoms with E-state index in [4.69, 9.17) is 0 Å². The van der Waals surface area contributed by atoms with Crippen LogP contribution in [0.1, 0.15) is 30.3 Å². The van der Waals surface area contributed by atoms with Crippen LogP contribution < -0.4 is 5.32 Å². The highest BCUT2D eigenvalue weighted by atomic mass is 15.3. The van der Waals surface area contributed by atoms with Gasteiger partial charge < -0.3 is 5.32 Å². The average molecular weight is 269 g/mol. The van der Waals surface area contributed by atoms with Crippen LogP contribution in [0.25, 0.3) is 5.70 Å². The Bertz CT molecular complexity index is 614. The number of nitrogens with one attached hydrogen (secondary N) is 1. The summed E-state index contributed by atoms with van der Waals surface area (Å²) in [6.07, 6.45) is 7.31. The maximum Gasteiger partial charge on any atom is 0.0867 e. The molecule has 0 aliphatic heterocycles. The second kappa shape index (κ2) is 5.53. The predicted molar refractivity (Wildman–Crippen MR) is 85.0 cm³/mol. The zero-order valence-electron chi connectivity index (χ0n) is 12.8. The number of aryl methyl sites for hydroxylation is 2. The highest BCUT2D eigenvalue weighted by Crippen LogP contribution is 2.25. The average Bonchev–Trinajstić information content (AvgIpc) is 2.65. The Labute approximate surface area is 121 Å². The lowest BCUT2D eigenvalue weighted by Crippen LogP contribution is -2.16. The van der Waals surface area contributed by atoms with Gasteiger partial charge in [0.25, 0.3) is 0 Å². The van der Waals surface area contributed by atoms with Crippen LogP contribution in [0.2, 0.25) is 0 Å². The zero-order chi connectivity index (χ0) is 14.9. The van der Waals surface area contributed by atoms with Crippen molar-refractivity contribution in [3.63, 3.8) is 0 Å². The van der Waals surface area contributed by atoms with E-state index in [0.29, 0.717) is 5.92 Å². The van der Waals surface area contributed by atoms with Gasteiger partial charge in [-0.3, -0.25) is 4.68 Å². The molecule has 1 heterocycles. The second-order valence-corrected chi connectivity index (χ2v) is 5.43. The molecule has 1 atom stereocenters. The number of aromatic nitrogens is 2. The van der Waals surface area contributed by atoms with Crippen LogP contribution in [-0.2, 0) is 7.05 Å². The summed E-state index contributed by atoms with van der Waals surface area (Å²) in [6.45, 7) is 14.3. The molecule has 0 saturated heterocycles. The molecule has 3 heteroatoms. The number of rotatable bonds is 4. The van der Waals surface area contributed by atoms with E-state index in [1.807, 2.05) is 24.7 Å². The van der Waals surface area contributed by atoms with Gasteiger partial charge in [0.05, 0.1) is 17.1 Å². The minimum atomic E-state index is 0.534. The van der Waals surface area contributed by atoms with E-state index in [2.05, 4.69) is 49.6 Å². The first-order valence-electron chi connectivity index (χ1n) is 6.94. The molecule has 1 unspecified atom stereocenters. The minimum absolute atomic E-state index is 0.534. The highest BCUT2D eigenvalue weighted by Gasteiger charge is 2.15. The van der Waals surface area contributed by atoms with Crippen molar-refractivity contribution < 1.29 is 0 Å². The van der Waals surface area contributed by atoms with Crippen molar-refractivity contribution in [2.75, 3.05) is 0 Å². The third kappa shape index (κ3) is 2.62. The van der Waals surface area contributed by atoms with Gasteiger partial charge in [-0.1, -0.05) is 32.2 Å². The van der Waals surface area contributed by atoms with Crippen molar-refractivity contribution in [1.82, 2.24) is 15.1 Å². The summed E-state index contributed by atoms with van der Waals surface area (Å²) in [4.78, 5) is 0. The predicted octanol–water partition coefficient (Wildman–Crippen LogP) is 3.63. The van der Waals surface area contributed by atoms with Crippen molar-refractivity contribution in [2.24, 2.45) is 13.0 Å². The molecule has 0 saturated carbocycles. The topological polar surface area (TPSA) is 29.9 Å². The van der Waals surface area contributed by atoms with Crippen LogP contribution in [0, 0.1) is 19.8 Å². The lowest BCUT2D eigenvalue weighted by Gasteiger charge is -2.20. The fourth-order valence-corrected chi connectivity index (χ4v) is 2.59. The fraction of sp³-hybridized carbons (Fsp3) is 0.353. The van der Waals surface area contributed by atoms with Gasteiger partial charge in [-0.15, -0.1) is 0 Å². The molecule has 1 aromatic rings. The molecule has 106 valence electrons. The Morgan fingerprint density at radius 3 is 2.75 bits per heavy atom. The van der Waals surface area contributed by atoms with Crippen LogP contribution >= 0.6 is 0 Å². The van der Waals surface area contributed by atoms with E-state index < -0.39 is 0 Å². The van der Waals surface area contributed by atoms with Crippen LogP contribution in [-0.4, -0.2) is 9.78 Å². The van der Waals surface area contributed by atoms with Crippen LogP contribution in [0.15, 0.2) is 42.7 Å². The molecule has 2 rings (SSSR count). The van der Waals surface area contributed by atoms with Gasteiger partial charge in [-0.25, -0.2) is 0 Å². The molecular formula is C17H23N3. The largest absolute Gasteiger partial charge is 0.355 e. The summed E-state index contributed by atoms with van der Waals surface area (Å²) in [7, 11) is 1.95. The molecule has 3 nitrogen and oxygen atoms in total. The molecule has 1 N–H and O–H groups in total. The summed E-state index contributed by atoms with van der Waals surface area (Å²) >= 11 is 0. The summed E-state index contributed by atoms with van der Waals surface area (Å²) in [5.74, 6) is 0.534. The molecular weight excluding hydrogens is 246 g/mol. The van der Waals surface area contributed by atoms with Crippen LogP contribution in [0.3, 0.4) is 0 Å². The van der Waals surface area contributed by atoms with Gasteiger partial charge in [0.1, 0.15) is 0 Å². The molecule has 1 aliphatic rings. The molecule has 0 bridgehead atoms. The van der Waals surface area contributed by atoms with Crippen LogP contribution in [0.5, 0.6) is 0 Å². The minimum Gasteiger partial charge on any atom is -0.355 e.